The van der Waals surface area contributed by atoms with Crippen LogP contribution in [0.2, 0.25) is 0 Å². The van der Waals surface area contributed by atoms with Gasteiger partial charge in [0.15, 0.2) is 0 Å². The van der Waals surface area contributed by atoms with Crippen molar-refractivity contribution in [1.29, 1.82) is 0 Å². The molecule has 1 atom stereocenters. The Bertz CT molecular complexity index is 408. The van der Waals surface area contributed by atoms with Gasteiger partial charge in [-0.05, 0) is 13.1 Å². The van der Waals surface area contributed by atoms with E-state index in [0.717, 1.165) is 31.1 Å². The van der Waals surface area contributed by atoms with Crippen LogP contribution in [0.15, 0.2) is 11.4 Å². The number of aromatic carboxylic acids is 1. The highest BCUT2D eigenvalue weighted by molar-refractivity contribution is 7.10. The quantitative estimate of drug-likeness (QED) is 0.831. The van der Waals surface area contributed by atoms with Gasteiger partial charge in [-0.15, -0.1) is 11.3 Å². The van der Waals surface area contributed by atoms with Crippen molar-refractivity contribution in [1.82, 2.24) is 10.2 Å². The number of carboxylic acid groups (broad SMARTS) is 1. The normalized spacial score (nSPS) is 21.1. The summed E-state index contributed by atoms with van der Waals surface area (Å²) in [5, 5.41) is 13.8. The summed E-state index contributed by atoms with van der Waals surface area (Å²) in [7, 11) is 2.09. The van der Waals surface area contributed by atoms with E-state index < -0.39 is 5.97 Å². The molecule has 1 fully saturated rings. The van der Waals surface area contributed by atoms with Crippen molar-refractivity contribution in [3.63, 3.8) is 0 Å². The third-order valence-electron chi connectivity index (χ3n) is 2.91. The van der Waals surface area contributed by atoms with Crippen LogP contribution in [0, 0.1) is 0 Å². The van der Waals surface area contributed by atoms with E-state index in [0.29, 0.717) is 12.1 Å². The lowest BCUT2D eigenvalue weighted by Crippen LogP contribution is -2.44. The molecule has 6 heteroatoms. The second kappa shape index (κ2) is 6.29. The van der Waals surface area contributed by atoms with Gasteiger partial charge in [0, 0.05) is 36.4 Å². The zero-order chi connectivity index (χ0) is 13.0. The number of nitrogens with zero attached hydrogens (tertiary/aromatic N) is 1. The molecule has 18 heavy (non-hydrogen) atoms. The first-order valence-corrected chi connectivity index (χ1v) is 6.84. The largest absolute Gasteiger partial charge is 0.478 e. The van der Waals surface area contributed by atoms with Gasteiger partial charge in [0.05, 0.1) is 18.3 Å². The Morgan fingerprint density at radius 3 is 3.22 bits per heavy atom. The van der Waals surface area contributed by atoms with Crippen LogP contribution in [-0.2, 0) is 11.3 Å². The topological polar surface area (TPSA) is 61.8 Å². The third kappa shape index (κ3) is 3.78. The number of hydrogen-bond acceptors (Lipinski definition) is 5. The van der Waals surface area contributed by atoms with Crippen molar-refractivity contribution < 1.29 is 14.6 Å². The molecule has 0 aliphatic carbocycles. The summed E-state index contributed by atoms with van der Waals surface area (Å²) in [5.41, 5.74) is 0.366. The summed E-state index contributed by atoms with van der Waals surface area (Å²) in [6.07, 6.45) is 0.225. The van der Waals surface area contributed by atoms with E-state index in [2.05, 4.69) is 17.3 Å². The average Bonchev–Trinajstić information content (AvgIpc) is 2.78. The van der Waals surface area contributed by atoms with Crippen LogP contribution in [-0.4, -0.2) is 55.4 Å². The summed E-state index contributed by atoms with van der Waals surface area (Å²) in [6.45, 7) is 4.21. The van der Waals surface area contributed by atoms with E-state index in [1.54, 1.807) is 11.4 Å². The molecule has 5 nitrogen and oxygen atoms in total. The Kier molecular flexibility index (Phi) is 4.71. The van der Waals surface area contributed by atoms with Gasteiger partial charge in [0.2, 0.25) is 0 Å². The zero-order valence-electron chi connectivity index (χ0n) is 10.4. The maximum Gasteiger partial charge on any atom is 0.336 e. The number of rotatable bonds is 5. The van der Waals surface area contributed by atoms with Gasteiger partial charge >= 0.3 is 5.97 Å². The van der Waals surface area contributed by atoms with Gasteiger partial charge in [0.1, 0.15) is 0 Å². The van der Waals surface area contributed by atoms with Crippen molar-refractivity contribution >= 4 is 17.3 Å². The predicted octanol–water partition coefficient (Wildman–Crippen LogP) is 0.866. The highest BCUT2D eigenvalue weighted by Crippen LogP contribution is 2.14. The van der Waals surface area contributed by atoms with E-state index in [1.165, 1.54) is 11.3 Å². The first kappa shape index (κ1) is 13.5. The molecule has 1 aliphatic rings. The smallest absolute Gasteiger partial charge is 0.336 e. The van der Waals surface area contributed by atoms with E-state index in [-0.39, 0.29) is 6.10 Å². The molecule has 0 bridgehead atoms. The van der Waals surface area contributed by atoms with Gasteiger partial charge in [-0.3, -0.25) is 0 Å². The fourth-order valence-electron chi connectivity index (χ4n) is 1.93. The fourth-order valence-corrected chi connectivity index (χ4v) is 2.76. The Hall–Kier alpha value is -0.950. The van der Waals surface area contributed by atoms with Crippen LogP contribution in [0.25, 0.3) is 0 Å². The molecule has 100 valence electrons. The van der Waals surface area contributed by atoms with Crippen molar-refractivity contribution in [2.45, 2.75) is 12.6 Å². The Labute approximate surface area is 110 Å². The number of hydrogen-bond donors (Lipinski definition) is 2. The molecule has 2 rings (SSSR count). The average molecular weight is 270 g/mol. The maximum atomic E-state index is 10.7. The van der Waals surface area contributed by atoms with Crippen molar-refractivity contribution in [2.75, 3.05) is 33.3 Å². The molecule has 0 amide bonds. The summed E-state index contributed by atoms with van der Waals surface area (Å²) in [4.78, 5) is 14.0. The number of carboxylic acids is 1. The molecular weight excluding hydrogens is 252 g/mol. The van der Waals surface area contributed by atoms with Gasteiger partial charge < -0.3 is 20.1 Å². The minimum atomic E-state index is -0.866. The minimum absolute atomic E-state index is 0.225. The van der Waals surface area contributed by atoms with Gasteiger partial charge in [-0.1, -0.05) is 0 Å². The number of carbonyl (C=O) groups is 1. The van der Waals surface area contributed by atoms with Crippen LogP contribution >= 0.6 is 11.3 Å². The second-order valence-corrected chi connectivity index (χ2v) is 5.49. The lowest BCUT2D eigenvalue weighted by Gasteiger charge is -2.30. The second-order valence-electron chi connectivity index (χ2n) is 4.49. The highest BCUT2D eigenvalue weighted by Gasteiger charge is 2.17. The molecule has 0 spiro atoms. The fraction of sp³-hybridized carbons (Fsp3) is 0.583. The number of ether oxygens (including phenoxy) is 1. The molecule has 0 aromatic carbocycles. The lowest BCUT2D eigenvalue weighted by molar-refractivity contribution is -0.0181. The van der Waals surface area contributed by atoms with E-state index in [4.69, 9.17) is 9.84 Å². The lowest BCUT2D eigenvalue weighted by atomic mass is 10.2. The SMILES string of the molecule is CN1CCOC(CNCc2cc(C(=O)O)cs2)C1. The van der Waals surface area contributed by atoms with E-state index in [9.17, 15) is 4.79 Å². The maximum absolute atomic E-state index is 10.7. The zero-order valence-corrected chi connectivity index (χ0v) is 11.2. The van der Waals surface area contributed by atoms with Crippen LogP contribution in [0.5, 0.6) is 0 Å². The molecule has 1 aromatic heterocycles. The summed E-state index contributed by atoms with van der Waals surface area (Å²) in [5.74, 6) is -0.866. The summed E-state index contributed by atoms with van der Waals surface area (Å²) < 4.78 is 5.63. The van der Waals surface area contributed by atoms with Gasteiger partial charge in [-0.25, -0.2) is 4.79 Å². The molecule has 1 saturated heterocycles. The highest BCUT2D eigenvalue weighted by atomic mass is 32.1. The standard InChI is InChI=1S/C12H18N2O3S/c1-14-2-3-17-10(7-14)5-13-6-11-4-9(8-18-11)12(15)16/h4,8,10,13H,2-3,5-7H2,1H3,(H,15,16). The first-order valence-electron chi connectivity index (χ1n) is 5.96. The van der Waals surface area contributed by atoms with Crippen LogP contribution in [0.4, 0.5) is 0 Å². The first-order chi connectivity index (χ1) is 8.65. The molecular formula is C12H18N2O3S. The summed E-state index contributed by atoms with van der Waals surface area (Å²) >= 11 is 1.47. The van der Waals surface area contributed by atoms with Crippen LogP contribution in [0.1, 0.15) is 15.2 Å². The molecule has 2 N–H and O–H groups in total. The number of likely N-dealkylation sites (N-methyl/N-ethyl adjacent to an activating group) is 1. The summed E-state index contributed by atoms with van der Waals surface area (Å²) in [6, 6.07) is 1.72. The number of morpholine rings is 1. The Morgan fingerprint density at radius 1 is 1.72 bits per heavy atom. The van der Waals surface area contributed by atoms with Gasteiger partial charge in [0.25, 0.3) is 0 Å². The van der Waals surface area contributed by atoms with Gasteiger partial charge in [-0.2, -0.15) is 0 Å². The molecule has 0 saturated carbocycles. The molecule has 1 aromatic rings. The van der Waals surface area contributed by atoms with E-state index in [1.807, 2.05) is 0 Å². The number of nitrogens with one attached hydrogen (secondary N) is 1. The Balaban J connectivity index is 1.72. The molecule has 1 unspecified atom stereocenters. The van der Waals surface area contributed by atoms with Crippen molar-refractivity contribution in [3.05, 3.63) is 21.9 Å². The molecule has 2 heterocycles. The van der Waals surface area contributed by atoms with Crippen molar-refractivity contribution in [2.24, 2.45) is 0 Å². The molecule has 1 aliphatic heterocycles. The van der Waals surface area contributed by atoms with Crippen LogP contribution < -0.4 is 5.32 Å². The van der Waals surface area contributed by atoms with E-state index >= 15 is 0 Å². The third-order valence-corrected chi connectivity index (χ3v) is 3.85. The van der Waals surface area contributed by atoms with Crippen molar-refractivity contribution in [3.8, 4) is 0 Å². The molecule has 0 radical (unpaired) electrons. The van der Waals surface area contributed by atoms with Crippen LogP contribution in [0.3, 0.4) is 0 Å². The monoisotopic (exact) mass is 270 g/mol. The minimum Gasteiger partial charge on any atom is -0.478 e. The Morgan fingerprint density at radius 2 is 2.56 bits per heavy atom. The predicted molar refractivity (Wildman–Crippen MR) is 70.2 cm³/mol. The number of thiophene rings is 1.